The molecule has 6 nitrogen and oxygen atoms in total. The Balaban J connectivity index is 1.33. The molecule has 0 fully saturated rings. The Morgan fingerprint density at radius 2 is 1.63 bits per heavy atom. The van der Waals surface area contributed by atoms with Crippen molar-refractivity contribution >= 4 is 40.1 Å². The fourth-order valence-electron chi connectivity index (χ4n) is 4.69. The Labute approximate surface area is 229 Å². The van der Waals surface area contributed by atoms with Gasteiger partial charge in [0.05, 0.1) is 17.5 Å². The van der Waals surface area contributed by atoms with Gasteiger partial charge in [0, 0.05) is 29.7 Å². The predicted octanol–water partition coefficient (Wildman–Crippen LogP) is 6.20. The van der Waals surface area contributed by atoms with Crippen LogP contribution in [0.25, 0.3) is 11.0 Å². The normalized spacial score (nSPS) is 11.2. The van der Waals surface area contributed by atoms with Crippen molar-refractivity contribution in [3.8, 4) is 0 Å². The average Bonchev–Trinajstić information content (AvgIpc) is 3.25. The molecule has 0 spiro atoms. The molecular formula is C31H35ClN4O2. The van der Waals surface area contributed by atoms with E-state index in [0.717, 1.165) is 53.8 Å². The summed E-state index contributed by atoms with van der Waals surface area (Å²) >= 11 is 5.91. The molecule has 3 aromatic carbocycles. The smallest absolute Gasteiger partial charge is 0.247 e. The molecule has 0 saturated carbocycles. The second kappa shape index (κ2) is 13.2. The average molecular weight is 531 g/mol. The van der Waals surface area contributed by atoms with Crippen LogP contribution < -0.4 is 10.2 Å². The van der Waals surface area contributed by atoms with Crippen molar-refractivity contribution in [3.63, 3.8) is 0 Å². The molecule has 38 heavy (non-hydrogen) atoms. The first-order valence-electron chi connectivity index (χ1n) is 13.2. The van der Waals surface area contributed by atoms with Crippen LogP contribution >= 0.6 is 11.6 Å². The molecule has 4 aromatic rings. The van der Waals surface area contributed by atoms with Gasteiger partial charge >= 0.3 is 0 Å². The van der Waals surface area contributed by atoms with Crippen molar-refractivity contribution in [2.45, 2.75) is 58.5 Å². The highest BCUT2D eigenvalue weighted by Crippen LogP contribution is 2.21. The zero-order chi connectivity index (χ0) is 26.9. The van der Waals surface area contributed by atoms with Gasteiger partial charge in [-0.15, -0.1) is 0 Å². The maximum Gasteiger partial charge on any atom is 0.247 e. The lowest BCUT2D eigenvalue weighted by Crippen LogP contribution is -2.39. The first kappa shape index (κ1) is 27.4. The number of para-hydroxylation sites is 3. The van der Waals surface area contributed by atoms with Gasteiger partial charge in [-0.05, 0) is 68.7 Å². The van der Waals surface area contributed by atoms with E-state index in [1.54, 1.807) is 12.1 Å². The Morgan fingerprint density at radius 1 is 0.921 bits per heavy atom. The highest BCUT2D eigenvalue weighted by molar-refractivity contribution is 6.30. The van der Waals surface area contributed by atoms with Gasteiger partial charge in [0.15, 0.2) is 0 Å². The number of amides is 2. The molecular weight excluding hydrogens is 496 g/mol. The molecule has 0 aliphatic heterocycles. The SMILES string of the molecule is CC(C)N(C(=O)Cn1c(CCCCCNC(=O)Cc2ccc(Cl)cc2)nc2ccccc21)c1ccccc1. The molecule has 1 heterocycles. The van der Waals surface area contributed by atoms with Crippen molar-refractivity contribution in [1.82, 2.24) is 14.9 Å². The molecule has 198 valence electrons. The molecule has 0 aliphatic rings. The van der Waals surface area contributed by atoms with E-state index in [0.29, 0.717) is 18.0 Å². The van der Waals surface area contributed by atoms with Crippen LogP contribution in [-0.2, 0) is 29.0 Å². The van der Waals surface area contributed by atoms with Crippen LogP contribution in [0.5, 0.6) is 0 Å². The van der Waals surface area contributed by atoms with E-state index in [-0.39, 0.29) is 24.4 Å². The summed E-state index contributed by atoms with van der Waals surface area (Å²) in [7, 11) is 0. The number of carbonyl (C=O) groups excluding carboxylic acids is 2. The number of benzene rings is 3. The second-order valence-corrected chi connectivity index (χ2v) is 10.2. The lowest BCUT2D eigenvalue weighted by atomic mass is 10.1. The van der Waals surface area contributed by atoms with E-state index < -0.39 is 0 Å². The molecule has 1 N–H and O–H groups in total. The minimum atomic E-state index is 0.0146. The van der Waals surface area contributed by atoms with Crippen LogP contribution in [0.1, 0.15) is 44.5 Å². The number of hydrogen-bond donors (Lipinski definition) is 1. The number of carbonyl (C=O) groups is 2. The number of nitrogens with one attached hydrogen (secondary N) is 1. The number of imidazole rings is 1. The number of anilines is 1. The van der Waals surface area contributed by atoms with Gasteiger partial charge in [-0.1, -0.05) is 60.5 Å². The maximum absolute atomic E-state index is 13.5. The topological polar surface area (TPSA) is 67.2 Å². The monoisotopic (exact) mass is 530 g/mol. The third kappa shape index (κ3) is 7.23. The molecule has 0 atom stereocenters. The van der Waals surface area contributed by atoms with Crippen LogP contribution in [0.3, 0.4) is 0 Å². The number of aryl methyl sites for hydroxylation is 1. The number of unbranched alkanes of at least 4 members (excludes halogenated alkanes) is 2. The van der Waals surface area contributed by atoms with Crippen molar-refractivity contribution in [2.24, 2.45) is 0 Å². The van der Waals surface area contributed by atoms with Gasteiger partial charge in [0.25, 0.3) is 0 Å². The van der Waals surface area contributed by atoms with Crippen LogP contribution in [0, 0.1) is 0 Å². The molecule has 0 aliphatic carbocycles. The highest BCUT2D eigenvalue weighted by atomic mass is 35.5. The fourth-order valence-corrected chi connectivity index (χ4v) is 4.81. The molecule has 1 aromatic heterocycles. The molecule has 0 radical (unpaired) electrons. The van der Waals surface area contributed by atoms with Crippen molar-refractivity contribution in [3.05, 3.63) is 95.3 Å². The minimum absolute atomic E-state index is 0.0146. The van der Waals surface area contributed by atoms with Crippen LogP contribution in [0.15, 0.2) is 78.9 Å². The summed E-state index contributed by atoms with van der Waals surface area (Å²) in [5, 5.41) is 3.67. The Morgan fingerprint density at radius 3 is 2.37 bits per heavy atom. The summed E-state index contributed by atoms with van der Waals surface area (Å²) in [6.07, 6.45) is 3.90. The Hall–Kier alpha value is -3.64. The largest absolute Gasteiger partial charge is 0.356 e. The third-order valence-corrected chi connectivity index (χ3v) is 6.78. The number of aromatic nitrogens is 2. The molecule has 0 bridgehead atoms. The van der Waals surface area contributed by atoms with Gasteiger partial charge < -0.3 is 14.8 Å². The number of rotatable bonds is 12. The van der Waals surface area contributed by atoms with E-state index >= 15 is 0 Å². The Kier molecular flexibility index (Phi) is 9.55. The number of halogens is 1. The predicted molar refractivity (Wildman–Crippen MR) is 155 cm³/mol. The van der Waals surface area contributed by atoms with Crippen molar-refractivity contribution in [2.75, 3.05) is 11.4 Å². The van der Waals surface area contributed by atoms with E-state index in [9.17, 15) is 9.59 Å². The lowest BCUT2D eigenvalue weighted by Gasteiger charge is -2.27. The Bertz CT molecular complexity index is 1350. The van der Waals surface area contributed by atoms with Gasteiger partial charge in [-0.3, -0.25) is 9.59 Å². The zero-order valence-corrected chi connectivity index (χ0v) is 22.8. The standard InChI is InChI=1S/C31H35ClN4O2/c1-23(2)36(26-11-5-3-6-12-26)31(38)22-35-28-14-9-8-13-27(28)34-29(35)15-7-4-10-20-33-30(37)21-24-16-18-25(32)19-17-24/h3,5-6,8-9,11-14,16-19,23H,4,7,10,15,20-22H2,1-2H3,(H,33,37). The number of nitrogens with zero attached hydrogens (tertiary/aromatic N) is 3. The van der Waals surface area contributed by atoms with E-state index in [4.69, 9.17) is 16.6 Å². The van der Waals surface area contributed by atoms with Crippen LogP contribution in [0.4, 0.5) is 5.69 Å². The van der Waals surface area contributed by atoms with Gasteiger partial charge in [-0.2, -0.15) is 0 Å². The van der Waals surface area contributed by atoms with E-state index in [1.165, 1.54) is 0 Å². The molecule has 2 amide bonds. The number of hydrogen-bond acceptors (Lipinski definition) is 3. The summed E-state index contributed by atoms with van der Waals surface area (Å²) < 4.78 is 2.06. The summed E-state index contributed by atoms with van der Waals surface area (Å²) in [4.78, 5) is 32.4. The molecule has 4 rings (SSSR count). The van der Waals surface area contributed by atoms with Gasteiger partial charge in [-0.25, -0.2) is 4.98 Å². The lowest BCUT2D eigenvalue weighted by molar-refractivity contribution is -0.120. The number of fused-ring (bicyclic) bond motifs is 1. The molecule has 7 heteroatoms. The van der Waals surface area contributed by atoms with E-state index in [2.05, 4.69) is 9.88 Å². The summed E-state index contributed by atoms with van der Waals surface area (Å²) in [6.45, 7) is 4.95. The van der Waals surface area contributed by atoms with Gasteiger partial charge in [0.1, 0.15) is 12.4 Å². The highest BCUT2D eigenvalue weighted by Gasteiger charge is 2.21. The third-order valence-electron chi connectivity index (χ3n) is 6.52. The molecule has 0 saturated heterocycles. The van der Waals surface area contributed by atoms with Crippen LogP contribution in [0.2, 0.25) is 5.02 Å². The minimum Gasteiger partial charge on any atom is -0.356 e. The molecule has 0 unspecified atom stereocenters. The first-order valence-corrected chi connectivity index (χ1v) is 13.6. The summed E-state index contributed by atoms with van der Waals surface area (Å²) in [6, 6.07) is 25.2. The van der Waals surface area contributed by atoms with Crippen molar-refractivity contribution < 1.29 is 9.59 Å². The van der Waals surface area contributed by atoms with E-state index in [1.807, 2.05) is 85.5 Å². The second-order valence-electron chi connectivity index (χ2n) is 9.76. The maximum atomic E-state index is 13.5. The quantitative estimate of drug-likeness (QED) is 0.222. The summed E-state index contributed by atoms with van der Waals surface area (Å²) in [5.41, 5.74) is 3.72. The van der Waals surface area contributed by atoms with Crippen molar-refractivity contribution in [1.29, 1.82) is 0 Å². The summed E-state index contributed by atoms with van der Waals surface area (Å²) in [5.74, 6) is 0.975. The zero-order valence-electron chi connectivity index (χ0n) is 22.1. The fraction of sp³-hybridized carbons (Fsp3) is 0.323. The van der Waals surface area contributed by atoms with Crippen LogP contribution in [-0.4, -0.2) is 34.0 Å². The van der Waals surface area contributed by atoms with Gasteiger partial charge in [0.2, 0.25) is 11.8 Å². The first-order chi connectivity index (χ1) is 18.4.